The molecule has 0 fully saturated rings. The number of thiazole rings is 1. The van der Waals surface area contributed by atoms with Crippen molar-refractivity contribution in [3.05, 3.63) is 59.1 Å². The van der Waals surface area contributed by atoms with Crippen molar-refractivity contribution >= 4 is 39.7 Å². The van der Waals surface area contributed by atoms with Crippen molar-refractivity contribution in [1.82, 2.24) is 4.98 Å². The number of halogens is 1. The molecule has 0 bridgehead atoms. The third-order valence-corrected chi connectivity index (χ3v) is 5.08. The van der Waals surface area contributed by atoms with Gasteiger partial charge in [-0.15, -0.1) is 11.3 Å². The van der Waals surface area contributed by atoms with Gasteiger partial charge in [0.1, 0.15) is 5.69 Å². The minimum atomic E-state index is -0.269. The average molecular weight is 405 g/mol. The van der Waals surface area contributed by atoms with Gasteiger partial charge in [-0.3, -0.25) is 4.79 Å². The molecule has 0 saturated carbocycles. The summed E-state index contributed by atoms with van der Waals surface area (Å²) in [5.74, 6) is 0.958. The molecule has 0 aliphatic carbocycles. The predicted octanol–water partition coefficient (Wildman–Crippen LogP) is 4.69. The van der Waals surface area contributed by atoms with Crippen LogP contribution in [-0.4, -0.2) is 32.1 Å². The van der Waals surface area contributed by atoms with Crippen molar-refractivity contribution in [1.29, 1.82) is 0 Å². The zero-order chi connectivity index (χ0) is 19.4. The molecule has 1 aromatic heterocycles. The van der Waals surface area contributed by atoms with Crippen LogP contribution in [0.15, 0.2) is 47.8 Å². The number of benzene rings is 2. The summed E-state index contributed by atoms with van der Waals surface area (Å²) in [6.07, 6.45) is 0. The van der Waals surface area contributed by atoms with Crippen molar-refractivity contribution in [2.45, 2.75) is 0 Å². The van der Waals surface area contributed by atoms with E-state index < -0.39 is 0 Å². The van der Waals surface area contributed by atoms with Crippen LogP contribution in [0, 0.1) is 0 Å². The van der Waals surface area contributed by atoms with Gasteiger partial charge in [-0.25, -0.2) is 9.40 Å². The zero-order valence-electron chi connectivity index (χ0n) is 14.9. The number of hydrogen-bond acceptors (Lipinski definition) is 7. The zero-order valence-corrected chi connectivity index (χ0v) is 16.5. The predicted molar refractivity (Wildman–Crippen MR) is 106 cm³/mol. The molecule has 0 unspecified atom stereocenters. The molecule has 0 aliphatic rings. The van der Waals surface area contributed by atoms with Crippen molar-refractivity contribution < 1.29 is 19.0 Å². The third kappa shape index (κ3) is 3.84. The molecule has 0 spiro atoms. The molecule has 0 amide bonds. The topological polar surface area (TPSA) is 60.9 Å². The van der Waals surface area contributed by atoms with Gasteiger partial charge in [-0.2, -0.15) is 0 Å². The fraction of sp³-hybridized carbons (Fsp3) is 0.158. The Morgan fingerprint density at radius 1 is 1.04 bits per heavy atom. The largest absolute Gasteiger partial charge is 0.493 e. The number of ketones is 1. The number of nitrogens with zero attached hydrogens (tertiary/aromatic N) is 2. The van der Waals surface area contributed by atoms with Gasteiger partial charge in [0, 0.05) is 22.7 Å². The first-order valence-corrected chi connectivity index (χ1v) is 9.12. The summed E-state index contributed by atoms with van der Waals surface area (Å²) in [5, 5.41) is 2.16. The van der Waals surface area contributed by atoms with Crippen LogP contribution < -0.4 is 18.6 Å². The molecule has 140 valence electrons. The highest BCUT2D eigenvalue weighted by Gasteiger charge is 2.21. The minimum absolute atomic E-state index is 0.269. The lowest BCUT2D eigenvalue weighted by molar-refractivity contribution is 0.103. The first-order chi connectivity index (χ1) is 13.1. The average Bonchev–Trinajstić information content (AvgIpc) is 3.22. The van der Waals surface area contributed by atoms with Gasteiger partial charge in [-0.05, 0) is 24.3 Å². The Labute approximate surface area is 166 Å². The number of carbonyl (C=O) groups is 1. The van der Waals surface area contributed by atoms with Crippen molar-refractivity contribution in [2.24, 2.45) is 0 Å². The van der Waals surface area contributed by atoms with E-state index in [1.165, 1.54) is 37.1 Å². The molecule has 8 heteroatoms. The van der Waals surface area contributed by atoms with Crippen LogP contribution >= 0.6 is 23.1 Å². The molecule has 3 rings (SSSR count). The van der Waals surface area contributed by atoms with Gasteiger partial charge in [0.15, 0.2) is 11.5 Å². The molecule has 0 N–H and O–H groups in total. The van der Waals surface area contributed by atoms with Crippen LogP contribution in [0.3, 0.4) is 0 Å². The molecule has 6 nitrogen and oxygen atoms in total. The summed E-state index contributed by atoms with van der Waals surface area (Å²) in [4.78, 5) is 17.3. The summed E-state index contributed by atoms with van der Waals surface area (Å²) >= 11 is 7.62. The van der Waals surface area contributed by atoms with E-state index in [2.05, 4.69) is 4.98 Å². The Bertz CT molecular complexity index is 921. The Balaban J connectivity index is 1.92. The Morgan fingerprint density at radius 3 is 2.22 bits per heavy atom. The van der Waals surface area contributed by atoms with Gasteiger partial charge < -0.3 is 14.2 Å². The van der Waals surface area contributed by atoms with Crippen LogP contribution in [0.25, 0.3) is 0 Å². The molecule has 3 aromatic rings. The number of rotatable bonds is 7. The Morgan fingerprint density at radius 2 is 1.67 bits per heavy atom. The van der Waals surface area contributed by atoms with Gasteiger partial charge in [-0.1, -0.05) is 18.2 Å². The molecule has 1 heterocycles. The second kappa shape index (κ2) is 8.28. The maximum absolute atomic E-state index is 12.9. The molecule has 27 heavy (non-hydrogen) atoms. The first-order valence-electron chi connectivity index (χ1n) is 7.90. The van der Waals surface area contributed by atoms with Gasteiger partial charge in [0.2, 0.25) is 16.7 Å². The Hall–Kier alpha value is -2.77. The summed E-state index contributed by atoms with van der Waals surface area (Å²) < 4.78 is 17.3. The van der Waals surface area contributed by atoms with E-state index in [4.69, 9.17) is 26.0 Å². The maximum atomic E-state index is 12.9. The number of para-hydroxylation sites is 1. The summed E-state index contributed by atoms with van der Waals surface area (Å²) in [5.41, 5.74) is 1.42. The summed E-state index contributed by atoms with van der Waals surface area (Å²) in [6, 6.07) is 12.6. The Kier molecular flexibility index (Phi) is 5.83. The molecular formula is C19H17ClN2O4S. The van der Waals surface area contributed by atoms with E-state index in [0.29, 0.717) is 27.9 Å². The fourth-order valence-electron chi connectivity index (χ4n) is 2.49. The number of aromatic nitrogens is 1. The van der Waals surface area contributed by atoms with Crippen molar-refractivity contribution in [3.63, 3.8) is 0 Å². The monoisotopic (exact) mass is 404 g/mol. The van der Waals surface area contributed by atoms with E-state index in [0.717, 1.165) is 5.69 Å². The van der Waals surface area contributed by atoms with Crippen LogP contribution in [0.4, 0.5) is 10.8 Å². The highest BCUT2D eigenvalue weighted by Crippen LogP contribution is 2.39. The lowest BCUT2D eigenvalue weighted by atomic mass is 10.1. The lowest BCUT2D eigenvalue weighted by Crippen LogP contribution is -2.06. The van der Waals surface area contributed by atoms with Crippen LogP contribution in [-0.2, 0) is 0 Å². The minimum Gasteiger partial charge on any atom is -0.493 e. The first kappa shape index (κ1) is 19.0. The molecular weight excluding hydrogens is 388 g/mol. The van der Waals surface area contributed by atoms with E-state index in [1.807, 2.05) is 30.3 Å². The molecule has 0 atom stereocenters. The van der Waals surface area contributed by atoms with E-state index in [1.54, 1.807) is 17.5 Å². The normalized spacial score (nSPS) is 10.4. The van der Waals surface area contributed by atoms with Crippen molar-refractivity contribution in [2.75, 3.05) is 25.7 Å². The fourth-order valence-corrected chi connectivity index (χ4v) is 3.48. The molecule has 0 saturated heterocycles. The third-order valence-electron chi connectivity index (χ3n) is 3.80. The number of hydrogen-bond donors (Lipinski definition) is 0. The molecule has 0 radical (unpaired) electrons. The SMILES string of the molecule is COc1cc(C(=O)c2csc(N(Cl)c3ccccc3)n2)cc(OC)c1OC. The lowest BCUT2D eigenvalue weighted by Gasteiger charge is -2.13. The highest BCUT2D eigenvalue weighted by molar-refractivity contribution is 7.14. The van der Waals surface area contributed by atoms with Gasteiger partial charge in [0.05, 0.1) is 27.0 Å². The molecule has 2 aromatic carbocycles. The number of anilines is 2. The smallest absolute Gasteiger partial charge is 0.212 e. The quantitative estimate of drug-likeness (QED) is 0.420. The number of methoxy groups -OCH3 is 3. The summed E-state index contributed by atoms with van der Waals surface area (Å²) in [6.45, 7) is 0. The van der Waals surface area contributed by atoms with E-state index in [9.17, 15) is 4.79 Å². The number of carbonyl (C=O) groups excluding carboxylic acids is 1. The van der Waals surface area contributed by atoms with Gasteiger partial charge >= 0.3 is 0 Å². The maximum Gasteiger partial charge on any atom is 0.212 e. The second-order valence-corrected chi connectivity index (χ2v) is 6.55. The number of ether oxygens (including phenoxy) is 3. The van der Waals surface area contributed by atoms with Gasteiger partial charge in [0.25, 0.3) is 0 Å². The van der Waals surface area contributed by atoms with E-state index in [-0.39, 0.29) is 11.5 Å². The van der Waals surface area contributed by atoms with Crippen LogP contribution in [0.1, 0.15) is 16.1 Å². The highest BCUT2D eigenvalue weighted by atomic mass is 35.5. The second-order valence-electron chi connectivity index (χ2n) is 5.37. The van der Waals surface area contributed by atoms with Crippen LogP contribution in [0.2, 0.25) is 0 Å². The van der Waals surface area contributed by atoms with Crippen molar-refractivity contribution in [3.8, 4) is 17.2 Å². The van der Waals surface area contributed by atoms with Crippen LogP contribution in [0.5, 0.6) is 17.2 Å². The van der Waals surface area contributed by atoms with E-state index >= 15 is 0 Å². The summed E-state index contributed by atoms with van der Waals surface area (Å²) in [7, 11) is 4.50. The standard InChI is InChI=1S/C19H17ClN2O4S/c1-24-15-9-12(10-16(25-2)18(15)26-3)17(23)14-11-27-19(21-14)22(20)13-7-5-4-6-8-13/h4-11H,1-3H3. The molecule has 0 aliphatic heterocycles.